The van der Waals surface area contributed by atoms with Crippen LogP contribution in [0.2, 0.25) is 0 Å². The van der Waals surface area contributed by atoms with Gasteiger partial charge in [-0.05, 0) is 167 Å². The van der Waals surface area contributed by atoms with Gasteiger partial charge in [0.1, 0.15) is 0 Å². The van der Waals surface area contributed by atoms with Crippen molar-refractivity contribution in [1.82, 2.24) is 19.5 Å². The molecule has 14 aromatic carbocycles. The monoisotopic (exact) mass is 1370 g/mol. The summed E-state index contributed by atoms with van der Waals surface area (Å²) in [5.41, 5.74) is 20.1. The summed E-state index contributed by atoms with van der Waals surface area (Å²) in [5.74, 6) is 1.27. The average Bonchev–Trinajstić information content (AvgIpc) is 0.883. The summed E-state index contributed by atoms with van der Waals surface area (Å²) < 4.78 is 95.8. The van der Waals surface area contributed by atoms with Gasteiger partial charge in [0.15, 0.2) is 17.5 Å². The van der Waals surface area contributed by atoms with Crippen LogP contribution in [0.1, 0.15) is 92.7 Å². The van der Waals surface area contributed by atoms with E-state index in [1.807, 2.05) is 152 Å². The Balaban J connectivity index is 1.07. The fourth-order valence-electron chi connectivity index (χ4n) is 15.6. The highest BCUT2D eigenvalue weighted by Crippen LogP contribution is 2.54. The number of rotatable bonds is 11. The van der Waals surface area contributed by atoms with Gasteiger partial charge in [-0.3, -0.25) is 0 Å². The lowest BCUT2D eigenvalue weighted by Crippen LogP contribution is -2.61. The third kappa shape index (κ3) is 11.6. The number of fused-ring (bicyclic) bond motifs is 7. The van der Waals surface area contributed by atoms with Crippen molar-refractivity contribution in [2.75, 3.05) is 9.80 Å². The van der Waals surface area contributed by atoms with Gasteiger partial charge < -0.3 is 14.4 Å². The second kappa shape index (κ2) is 25.8. The maximum atomic E-state index is 9.77. The van der Waals surface area contributed by atoms with E-state index in [1.54, 1.807) is 0 Å². The Morgan fingerprint density at radius 3 is 1.18 bits per heavy atom. The Hall–Kier alpha value is -12.4. The van der Waals surface area contributed by atoms with Crippen molar-refractivity contribution in [2.24, 2.45) is 0 Å². The van der Waals surface area contributed by atoms with Gasteiger partial charge in [-0.25, -0.2) is 15.0 Å². The summed E-state index contributed by atoms with van der Waals surface area (Å²) in [6, 6.07) is 87.8. The molecular formula is C99H81BN6. The Bertz CT molecular complexity index is 6530. The molecule has 16 aromatic rings. The van der Waals surface area contributed by atoms with E-state index in [0.717, 1.165) is 111 Å². The Morgan fingerprint density at radius 2 is 0.698 bits per heavy atom. The summed E-state index contributed by atoms with van der Waals surface area (Å²) in [4.78, 5) is 21.3. The molecule has 4 heterocycles. The van der Waals surface area contributed by atoms with E-state index in [0.29, 0.717) is 51.2 Å². The van der Waals surface area contributed by atoms with Crippen molar-refractivity contribution in [2.45, 2.75) is 78.6 Å². The van der Waals surface area contributed by atoms with Crippen LogP contribution in [0.25, 0.3) is 117 Å². The maximum Gasteiger partial charge on any atom is 0.252 e. The number of anilines is 6. The lowest BCUT2D eigenvalue weighted by Gasteiger charge is -2.46. The van der Waals surface area contributed by atoms with Crippen LogP contribution in [-0.2, 0) is 16.2 Å². The zero-order chi connectivity index (χ0) is 80.9. The predicted octanol–water partition coefficient (Wildman–Crippen LogP) is 24.3. The van der Waals surface area contributed by atoms with E-state index >= 15 is 0 Å². The molecule has 0 spiro atoms. The van der Waals surface area contributed by atoms with Gasteiger partial charge in [0, 0.05) is 61.3 Å². The first-order chi connectivity index (χ1) is 55.6. The molecule has 0 atom stereocenters. The Morgan fingerprint density at radius 1 is 0.292 bits per heavy atom. The van der Waals surface area contributed by atoms with Gasteiger partial charge in [0.25, 0.3) is 6.71 Å². The van der Waals surface area contributed by atoms with E-state index in [2.05, 4.69) is 192 Å². The van der Waals surface area contributed by atoms with Crippen LogP contribution < -0.4 is 26.2 Å². The fraction of sp³-hybridized carbons (Fsp3) is 0.121. The molecule has 0 amide bonds. The number of nitrogens with zero attached hydrogens (tertiary/aromatic N) is 6. The molecular weight excluding hydrogens is 1280 g/mol. The van der Waals surface area contributed by atoms with Gasteiger partial charge in [-0.2, -0.15) is 0 Å². The minimum absolute atomic E-state index is 0.0171. The predicted molar refractivity (Wildman–Crippen MR) is 448 cm³/mol. The van der Waals surface area contributed by atoms with Crippen molar-refractivity contribution in [3.05, 3.63) is 344 Å². The van der Waals surface area contributed by atoms with E-state index < -0.39 is 48.4 Å². The van der Waals surface area contributed by atoms with Crippen molar-refractivity contribution in [3.63, 3.8) is 0 Å². The maximum absolute atomic E-state index is 9.77. The SMILES string of the molecule is [2H]c1c([2H])c([2H])c(-c2ccc3c(c2)N(c2ccc(-c4ccccc4)cc2-c2ccccc2)c2cc(-n4c5ccc(C(C)(C)C)cc5c5cc(C(C)(C)C)ccc54)cc4c2B3c2ccc(-c3c([2H])c([2H])c([2H])c([2H])c3[2H])cc2N4c2c(-c3ccccc3)cc(C(C)(C)C)cc2-c2nc(-c3ccccc3)nc(-c3ccccc3)n2)c([2H])c1[2H]. The third-order valence-electron chi connectivity index (χ3n) is 21.0. The first-order valence-electron chi connectivity index (χ1n) is 41.3. The molecule has 2 aliphatic heterocycles. The Kier molecular flexibility index (Phi) is 13.4. The molecule has 2 aromatic heterocycles. The molecule has 18 rings (SSSR count). The molecule has 0 saturated carbocycles. The van der Waals surface area contributed by atoms with Crippen molar-refractivity contribution in [1.29, 1.82) is 0 Å². The molecule has 106 heavy (non-hydrogen) atoms. The zero-order valence-electron chi connectivity index (χ0n) is 70.7. The second-order valence-corrected chi connectivity index (χ2v) is 30.9. The van der Waals surface area contributed by atoms with Crippen LogP contribution in [0.5, 0.6) is 0 Å². The number of hydrogen-bond acceptors (Lipinski definition) is 5. The summed E-state index contributed by atoms with van der Waals surface area (Å²) in [6.45, 7) is 19.4. The lowest BCUT2D eigenvalue weighted by atomic mass is 9.33. The highest BCUT2D eigenvalue weighted by atomic mass is 15.2. The molecule has 0 fully saturated rings. The molecule has 510 valence electrons. The minimum atomic E-state index is -0.704. The highest BCUT2D eigenvalue weighted by Gasteiger charge is 2.46. The van der Waals surface area contributed by atoms with Crippen LogP contribution in [0, 0.1) is 0 Å². The summed E-state index contributed by atoms with van der Waals surface area (Å²) >= 11 is 0. The molecule has 0 N–H and O–H groups in total. The number of hydrogen-bond donors (Lipinski definition) is 0. The van der Waals surface area contributed by atoms with Crippen molar-refractivity contribution >= 4 is 79.0 Å². The van der Waals surface area contributed by atoms with Crippen LogP contribution in [0.4, 0.5) is 34.1 Å². The van der Waals surface area contributed by atoms with Gasteiger partial charge in [-0.1, -0.05) is 317 Å². The van der Waals surface area contributed by atoms with Crippen molar-refractivity contribution in [3.8, 4) is 95.5 Å². The standard InChI is InChI=1S/C99H81BN6/c1-97(2,3)74-48-53-86-80(58-74)81-59-75(98(4,5)6)49-54-87(81)104(86)77-62-90-92-91(63-77)106(93-79(68-39-25-14-26-40-68)60-76(99(7,8)9)61-82(93)96-102-94(69-41-27-15-28-42-69)101-95(103-96)70-43-29-16-30-44-70)89-57-73(66-35-21-12-22-36-66)46-51-84(89)100(92)83-50-45-72(65-33-19-11-20-34-65)56-88(83)105(90)85-52-47-71(64-31-17-10-18-32-64)55-78(85)67-37-23-13-24-38-67/h10-63H,1-9H3/i11D,12D,19D,20D,21D,22D,33D,34D,35D,36D. The first kappa shape index (κ1) is 55.1. The molecule has 0 bridgehead atoms. The average molecular weight is 1380 g/mol. The quantitative estimate of drug-likeness (QED) is 0.121. The first-order valence-corrected chi connectivity index (χ1v) is 36.3. The minimum Gasteiger partial charge on any atom is -0.311 e. The third-order valence-corrected chi connectivity index (χ3v) is 21.0. The highest BCUT2D eigenvalue weighted by molar-refractivity contribution is 7.00. The molecule has 7 heteroatoms. The van der Waals surface area contributed by atoms with Crippen molar-refractivity contribution < 1.29 is 13.7 Å². The summed E-state index contributed by atoms with van der Waals surface area (Å²) in [6.07, 6.45) is 0. The molecule has 6 nitrogen and oxygen atoms in total. The van der Waals surface area contributed by atoms with Crippen LogP contribution >= 0.6 is 0 Å². The topological polar surface area (TPSA) is 50.1 Å². The molecule has 0 saturated heterocycles. The van der Waals surface area contributed by atoms with Crippen LogP contribution in [0.15, 0.2) is 327 Å². The normalized spacial score (nSPS) is 14.0. The second-order valence-electron chi connectivity index (χ2n) is 30.9. The number of benzene rings is 14. The van der Waals surface area contributed by atoms with E-state index in [1.165, 1.54) is 11.1 Å². The number of aromatic nitrogens is 4. The van der Waals surface area contributed by atoms with Crippen LogP contribution in [-0.4, -0.2) is 26.2 Å². The molecule has 0 radical (unpaired) electrons. The smallest absolute Gasteiger partial charge is 0.252 e. The molecule has 0 unspecified atom stereocenters. The van der Waals surface area contributed by atoms with Crippen LogP contribution in [0.3, 0.4) is 0 Å². The lowest BCUT2D eigenvalue weighted by molar-refractivity contribution is 0.590. The van der Waals surface area contributed by atoms with E-state index in [4.69, 9.17) is 20.4 Å². The largest absolute Gasteiger partial charge is 0.311 e. The zero-order valence-corrected chi connectivity index (χ0v) is 60.7. The summed E-state index contributed by atoms with van der Waals surface area (Å²) in [7, 11) is 0. The van der Waals surface area contributed by atoms with Gasteiger partial charge in [0.2, 0.25) is 0 Å². The van der Waals surface area contributed by atoms with Gasteiger partial charge in [-0.15, -0.1) is 0 Å². The summed E-state index contributed by atoms with van der Waals surface area (Å²) in [5, 5.41) is 2.12. The van der Waals surface area contributed by atoms with Gasteiger partial charge in [0.05, 0.1) is 41.8 Å². The molecule has 2 aliphatic rings. The Labute approximate surface area is 636 Å². The van der Waals surface area contributed by atoms with Gasteiger partial charge >= 0.3 is 0 Å². The fourth-order valence-corrected chi connectivity index (χ4v) is 15.6. The van der Waals surface area contributed by atoms with E-state index in [9.17, 15) is 8.22 Å². The molecule has 0 aliphatic carbocycles. The van der Waals surface area contributed by atoms with E-state index in [-0.39, 0.29) is 46.1 Å².